The third kappa shape index (κ3) is 6.24. The average Bonchev–Trinajstić information content (AvgIpc) is 2.62. The van der Waals surface area contributed by atoms with Crippen molar-refractivity contribution in [2.75, 3.05) is 19.8 Å². The highest BCUT2D eigenvalue weighted by Crippen LogP contribution is 2.28. The van der Waals surface area contributed by atoms with Crippen LogP contribution in [0.4, 0.5) is 0 Å². The van der Waals surface area contributed by atoms with Gasteiger partial charge < -0.3 is 19.9 Å². The first-order valence-electron chi connectivity index (χ1n) is 9.35. The van der Waals surface area contributed by atoms with Crippen LogP contribution < -0.4 is 14.8 Å². The number of carboxylic acids is 1. The molecule has 0 atom stereocenters. The molecule has 0 unspecified atom stereocenters. The first-order chi connectivity index (χ1) is 12.0. The molecule has 0 bridgehead atoms. The van der Waals surface area contributed by atoms with Gasteiger partial charge in [-0.1, -0.05) is 33.8 Å². The van der Waals surface area contributed by atoms with Crippen LogP contribution in [0.1, 0.15) is 58.9 Å². The van der Waals surface area contributed by atoms with Crippen LogP contribution in [0.2, 0.25) is 0 Å². The largest absolute Gasteiger partial charge is 0.493 e. The zero-order valence-electron chi connectivity index (χ0n) is 16.1. The van der Waals surface area contributed by atoms with E-state index in [9.17, 15) is 9.90 Å². The number of aliphatic carboxylic acids is 1. The van der Waals surface area contributed by atoms with Gasteiger partial charge in [-0.25, -0.2) is 0 Å². The van der Waals surface area contributed by atoms with Gasteiger partial charge >= 0.3 is 5.97 Å². The maximum absolute atomic E-state index is 11.6. The number of hydrogen-bond donors (Lipinski definition) is 2. The summed E-state index contributed by atoms with van der Waals surface area (Å²) >= 11 is 0. The molecule has 0 amide bonds. The third-order valence-electron chi connectivity index (χ3n) is 4.56. The maximum Gasteiger partial charge on any atom is 0.310 e. The standard InChI is InChI=1S/C20H33NO4/c1-5-11-24-17-10-9-16(18(13-17)25-12-6-2)14-21-15-20(7-3,8-4)19(22)23/h9-10,13,21H,5-8,11-12,14-15H2,1-4H3,(H,22,23). The number of hydrogen-bond acceptors (Lipinski definition) is 4. The highest BCUT2D eigenvalue weighted by atomic mass is 16.5. The first kappa shape index (κ1) is 21.3. The van der Waals surface area contributed by atoms with Gasteiger partial charge in [-0.3, -0.25) is 4.79 Å². The molecule has 5 nitrogen and oxygen atoms in total. The van der Waals surface area contributed by atoms with Crippen LogP contribution in [0.3, 0.4) is 0 Å². The Morgan fingerprint density at radius 3 is 2.28 bits per heavy atom. The molecule has 0 saturated heterocycles. The van der Waals surface area contributed by atoms with Crippen LogP contribution in [0.15, 0.2) is 18.2 Å². The summed E-state index contributed by atoms with van der Waals surface area (Å²) in [5.41, 5.74) is 0.304. The van der Waals surface area contributed by atoms with Crippen molar-refractivity contribution in [1.82, 2.24) is 5.32 Å². The Balaban J connectivity index is 2.80. The van der Waals surface area contributed by atoms with E-state index in [1.54, 1.807) is 0 Å². The van der Waals surface area contributed by atoms with Crippen molar-refractivity contribution in [1.29, 1.82) is 0 Å². The van der Waals surface area contributed by atoms with Gasteiger partial charge in [0.1, 0.15) is 11.5 Å². The Morgan fingerprint density at radius 2 is 1.72 bits per heavy atom. The molecule has 0 aliphatic rings. The van der Waals surface area contributed by atoms with Crippen LogP contribution >= 0.6 is 0 Å². The molecule has 142 valence electrons. The number of benzene rings is 1. The number of carbonyl (C=O) groups is 1. The van der Waals surface area contributed by atoms with Gasteiger partial charge in [0.15, 0.2) is 0 Å². The summed E-state index contributed by atoms with van der Waals surface area (Å²) in [4.78, 5) is 11.6. The zero-order chi connectivity index (χ0) is 18.7. The highest BCUT2D eigenvalue weighted by molar-refractivity contribution is 5.74. The lowest BCUT2D eigenvalue weighted by Crippen LogP contribution is -2.40. The predicted octanol–water partition coefficient (Wildman–Crippen LogP) is 4.24. The average molecular weight is 351 g/mol. The van der Waals surface area contributed by atoms with Crippen molar-refractivity contribution < 1.29 is 19.4 Å². The summed E-state index contributed by atoms with van der Waals surface area (Å²) in [6.07, 6.45) is 3.10. The van der Waals surface area contributed by atoms with Crippen molar-refractivity contribution in [3.8, 4) is 11.5 Å². The van der Waals surface area contributed by atoms with Crippen LogP contribution in [0, 0.1) is 5.41 Å². The second-order valence-corrected chi connectivity index (χ2v) is 6.36. The van der Waals surface area contributed by atoms with Crippen molar-refractivity contribution in [3.05, 3.63) is 23.8 Å². The fraction of sp³-hybridized carbons (Fsp3) is 0.650. The van der Waals surface area contributed by atoms with Gasteiger partial charge in [0.25, 0.3) is 0 Å². The number of carboxylic acid groups (broad SMARTS) is 1. The van der Waals surface area contributed by atoms with E-state index >= 15 is 0 Å². The van der Waals surface area contributed by atoms with Gasteiger partial charge in [-0.05, 0) is 31.7 Å². The molecule has 1 rings (SSSR count). The molecule has 0 aliphatic heterocycles. The van der Waals surface area contributed by atoms with Gasteiger partial charge in [0.2, 0.25) is 0 Å². The van der Waals surface area contributed by atoms with Crippen LogP contribution in [0.25, 0.3) is 0 Å². The first-order valence-corrected chi connectivity index (χ1v) is 9.35. The monoisotopic (exact) mass is 351 g/mol. The molecule has 0 radical (unpaired) electrons. The van der Waals surface area contributed by atoms with Crippen molar-refractivity contribution >= 4 is 5.97 Å². The van der Waals surface area contributed by atoms with Crippen LogP contribution in [-0.4, -0.2) is 30.8 Å². The van der Waals surface area contributed by atoms with E-state index in [1.165, 1.54) is 0 Å². The molecule has 0 spiro atoms. The fourth-order valence-electron chi connectivity index (χ4n) is 2.65. The van der Waals surface area contributed by atoms with E-state index in [0.717, 1.165) is 29.9 Å². The molecule has 0 saturated carbocycles. The molecule has 5 heteroatoms. The smallest absolute Gasteiger partial charge is 0.310 e. The van der Waals surface area contributed by atoms with Gasteiger partial charge in [0, 0.05) is 24.7 Å². The highest BCUT2D eigenvalue weighted by Gasteiger charge is 2.34. The summed E-state index contributed by atoms with van der Waals surface area (Å²) in [5, 5.41) is 12.8. The van der Waals surface area contributed by atoms with Crippen LogP contribution in [0.5, 0.6) is 11.5 Å². The van der Waals surface area contributed by atoms with E-state index < -0.39 is 11.4 Å². The molecular weight excluding hydrogens is 318 g/mol. The lowest BCUT2D eigenvalue weighted by atomic mass is 9.82. The summed E-state index contributed by atoms with van der Waals surface area (Å²) in [5.74, 6) is 0.867. The van der Waals surface area contributed by atoms with E-state index in [-0.39, 0.29) is 0 Å². The van der Waals surface area contributed by atoms with Crippen LogP contribution in [-0.2, 0) is 11.3 Å². The Labute approximate surface area is 151 Å². The summed E-state index contributed by atoms with van der Waals surface area (Å²) < 4.78 is 11.5. The number of nitrogens with one attached hydrogen (secondary N) is 1. The number of ether oxygens (including phenoxy) is 2. The normalized spacial score (nSPS) is 11.4. The van der Waals surface area contributed by atoms with E-state index in [1.807, 2.05) is 32.0 Å². The van der Waals surface area contributed by atoms with Gasteiger partial charge in [0.05, 0.1) is 18.6 Å². The second kappa shape index (κ2) is 11.0. The molecule has 0 fully saturated rings. The van der Waals surface area contributed by atoms with Crippen molar-refractivity contribution in [3.63, 3.8) is 0 Å². The molecule has 0 aliphatic carbocycles. The molecule has 0 aromatic heterocycles. The summed E-state index contributed by atoms with van der Waals surface area (Å²) in [7, 11) is 0. The van der Waals surface area contributed by atoms with E-state index in [0.29, 0.717) is 39.1 Å². The van der Waals surface area contributed by atoms with Gasteiger partial charge in [-0.2, -0.15) is 0 Å². The lowest BCUT2D eigenvalue weighted by molar-refractivity contribution is -0.149. The van der Waals surface area contributed by atoms with E-state index in [4.69, 9.17) is 9.47 Å². The Kier molecular flexibility index (Phi) is 9.35. The Morgan fingerprint density at radius 1 is 1.08 bits per heavy atom. The summed E-state index contributed by atoms with van der Waals surface area (Å²) in [6.45, 7) is 10.3. The maximum atomic E-state index is 11.6. The SMILES string of the molecule is CCCOc1ccc(CNCC(CC)(CC)C(=O)O)c(OCCC)c1. The quantitative estimate of drug-likeness (QED) is 0.556. The minimum Gasteiger partial charge on any atom is -0.493 e. The zero-order valence-corrected chi connectivity index (χ0v) is 16.1. The molecule has 25 heavy (non-hydrogen) atoms. The lowest BCUT2D eigenvalue weighted by Gasteiger charge is -2.27. The van der Waals surface area contributed by atoms with Gasteiger partial charge in [-0.15, -0.1) is 0 Å². The fourth-order valence-corrected chi connectivity index (χ4v) is 2.65. The minimum absolute atomic E-state index is 0.441. The molecular formula is C20H33NO4. The van der Waals surface area contributed by atoms with Crippen molar-refractivity contribution in [2.24, 2.45) is 5.41 Å². The molecule has 0 heterocycles. The second-order valence-electron chi connectivity index (χ2n) is 6.36. The molecule has 1 aromatic carbocycles. The molecule has 2 N–H and O–H groups in total. The number of rotatable bonds is 13. The third-order valence-corrected chi connectivity index (χ3v) is 4.56. The summed E-state index contributed by atoms with van der Waals surface area (Å²) in [6, 6.07) is 5.85. The Bertz CT molecular complexity index is 526. The Hall–Kier alpha value is -1.75. The predicted molar refractivity (Wildman–Crippen MR) is 100 cm³/mol. The van der Waals surface area contributed by atoms with Crippen molar-refractivity contribution in [2.45, 2.75) is 59.9 Å². The topological polar surface area (TPSA) is 67.8 Å². The van der Waals surface area contributed by atoms with E-state index in [2.05, 4.69) is 19.2 Å². The molecule has 1 aromatic rings. The minimum atomic E-state index is -0.740.